The second-order valence-electron chi connectivity index (χ2n) is 8.67. The Morgan fingerprint density at radius 1 is 1.00 bits per heavy atom. The number of benzene rings is 1. The SMILES string of the molecule is CC(C)N1CCN(c2cc(C(=O)Nc3cc4cc(-c5cnc(N)s5)ccc4cn3)ccn2)CC1. The highest BCUT2D eigenvalue weighted by Crippen LogP contribution is 2.30. The summed E-state index contributed by atoms with van der Waals surface area (Å²) in [5.41, 5.74) is 7.37. The summed E-state index contributed by atoms with van der Waals surface area (Å²) in [5, 5.41) is 5.44. The molecule has 4 heterocycles. The second-order valence-corrected chi connectivity index (χ2v) is 9.73. The number of nitrogens with one attached hydrogen (secondary N) is 1. The molecule has 1 amide bonds. The number of anilines is 3. The lowest BCUT2D eigenvalue weighted by molar-refractivity contribution is 0.102. The fourth-order valence-electron chi connectivity index (χ4n) is 4.17. The van der Waals surface area contributed by atoms with Gasteiger partial charge in [0.05, 0.1) is 4.88 Å². The van der Waals surface area contributed by atoms with Gasteiger partial charge in [-0.3, -0.25) is 9.69 Å². The van der Waals surface area contributed by atoms with Crippen LogP contribution < -0.4 is 16.0 Å². The van der Waals surface area contributed by atoms with Gasteiger partial charge < -0.3 is 16.0 Å². The lowest BCUT2D eigenvalue weighted by Crippen LogP contribution is -2.49. The Hall–Kier alpha value is -3.56. The number of pyridine rings is 2. The van der Waals surface area contributed by atoms with Crippen molar-refractivity contribution < 1.29 is 4.79 Å². The molecule has 8 nitrogen and oxygen atoms in total. The second kappa shape index (κ2) is 9.36. The molecule has 5 rings (SSSR count). The molecule has 0 aliphatic carbocycles. The van der Waals surface area contributed by atoms with Crippen LogP contribution in [-0.2, 0) is 0 Å². The molecule has 1 fully saturated rings. The molecular formula is C25H27N7OS. The Kier molecular flexibility index (Phi) is 6.12. The third-order valence-corrected chi connectivity index (χ3v) is 7.02. The van der Waals surface area contributed by atoms with Crippen LogP contribution in [0.5, 0.6) is 0 Å². The number of fused-ring (bicyclic) bond motifs is 1. The lowest BCUT2D eigenvalue weighted by Gasteiger charge is -2.37. The van der Waals surface area contributed by atoms with Gasteiger partial charge in [0.1, 0.15) is 11.6 Å². The van der Waals surface area contributed by atoms with Crippen LogP contribution in [0.2, 0.25) is 0 Å². The van der Waals surface area contributed by atoms with Crippen molar-refractivity contribution in [3.63, 3.8) is 0 Å². The van der Waals surface area contributed by atoms with E-state index < -0.39 is 0 Å². The molecule has 1 aromatic carbocycles. The monoisotopic (exact) mass is 473 g/mol. The number of amides is 1. The Morgan fingerprint density at radius 3 is 2.56 bits per heavy atom. The van der Waals surface area contributed by atoms with Gasteiger partial charge in [0.2, 0.25) is 0 Å². The van der Waals surface area contributed by atoms with Crippen molar-refractivity contribution in [2.24, 2.45) is 0 Å². The van der Waals surface area contributed by atoms with E-state index in [0.29, 0.717) is 22.6 Å². The van der Waals surface area contributed by atoms with Crippen LogP contribution in [0, 0.1) is 0 Å². The first-order valence-electron chi connectivity index (χ1n) is 11.3. The molecule has 0 spiro atoms. The average Bonchev–Trinajstić information content (AvgIpc) is 3.30. The van der Waals surface area contributed by atoms with Crippen molar-refractivity contribution in [3.05, 3.63) is 60.6 Å². The van der Waals surface area contributed by atoms with Gasteiger partial charge in [0.25, 0.3) is 5.91 Å². The van der Waals surface area contributed by atoms with E-state index >= 15 is 0 Å². The summed E-state index contributed by atoms with van der Waals surface area (Å²) in [7, 11) is 0. The highest BCUT2D eigenvalue weighted by Gasteiger charge is 2.20. The van der Waals surface area contributed by atoms with E-state index in [1.165, 1.54) is 11.3 Å². The molecule has 9 heteroatoms. The molecule has 3 N–H and O–H groups in total. The van der Waals surface area contributed by atoms with Gasteiger partial charge in [-0.05, 0) is 49.1 Å². The molecule has 1 saturated heterocycles. The van der Waals surface area contributed by atoms with E-state index in [1.54, 1.807) is 24.7 Å². The number of hydrogen-bond donors (Lipinski definition) is 2. The van der Waals surface area contributed by atoms with Crippen molar-refractivity contribution in [1.82, 2.24) is 19.9 Å². The Morgan fingerprint density at radius 2 is 1.82 bits per heavy atom. The first-order valence-corrected chi connectivity index (χ1v) is 12.2. The fraction of sp³-hybridized carbons (Fsp3) is 0.280. The van der Waals surface area contributed by atoms with E-state index in [9.17, 15) is 4.79 Å². The molecule has 0 unspecified atom stereocenters. The zero-order valence-corrected chi connectivity index (χ0v) is 20.0. The summed E-state index contributed by atoms with van der Waals surface area (Å²) in [4.78, 5) is 31.7. The van der Waals surface area contributed by atoms with Crippen molar-refractivity contribution in [1.29, 1.82) is 0 Å². The Labute approximate surface area is 202 Å². The van der Waals surface area contributed by atoms with Crippen LogP contribution in [0.25, 0.3) is 21.2 Å². The first kappa shape index (κ1) is 22.2. The molecule has 1 aliphatic rings. The Bertz CT molecular complexity index is 1330. The summed E-state index contributed by atoms with van der Waals surface area (Å²) in [6.45, 7) is 8.22. The van der Waals surface area contributed by atoms with E-state index in [1.807, 2.05) is 24.3 Å². The highest BCUT2D eigenvalue weighted by atomic mass is 32.1. The number of thiazole rings is 1. The number of hydrogen-bond acceptors (Lipinski definition) is 8. The van der Waals surface area contributed by atoms with Gasteiger partial charge in [-0.2, -0.15) is 0 Å². The first-order chi connectivity index (χ1) is 16.5. The Balaban J connectivity index is 1.32. The maximum atomic E-state index is 13.0. The number of piperazine rings is 1. The molecule has 4 aromatic rings. The van der Waals surface area contributed by atoms with Crippen LogP contribution in [0.3, 0.4) is 0 Å². The molecule has 0 saturated carbocycles. The van der Waals surface area contributed by atoms with Crippen LogP contribution in [0.1, 0.15) is 24.2 Å². The summed E-state index contributed by atoms with van der Waals surface area (Å²) in [6.07, 6.45) is 5.23. The summed E-state index contributed by atoms with van der Waals surface area (Å²) in [6, 6.07) is 12.1. The molecule has 174 valence electrons. The maximum Gasteiger partial charge on any atom is 0.257 e. The van der Waals surface area contributed by atoms with E-state index in [4.69, 9.17) is 5.73 Å². The minimum atomic E-state index is -0.206. The smallest absolute Gasteiger partial charge is 0.257 e. The van der Waals surface area contributed by atoms with Crippen molar-refractivity contribution in [3.8, 4) is 10.4 Å². The van der Waals surface area contributed by atoms with E-state index in [-0.39, 0.29) is 5.91 Å². The van der Waals surface area contributed by atoms with Crippen LogP contribution in [0.15, 0.2) is 55.0 Å². The van der Waals surface area contributed by atoms with E-state index in [0.717, 1.165) is 53.2 Å². The summed E-state index contributed by atoms with van der Waals surface area (Å²) < 4.78 is 0. The van der Waals surface area contributed by atoms with Gasteiger partial charge in [0.15, 0.2) is 5.13 Å². The van der Waals surface area contributed by atoms with Gasteiger partial charge in [-0.15, -0.1) is 0 Å². The standard InChI is InChI=1S/C25H27N7OS/c1-16(2)31-7-9-32(10-8-31)23-13-18(5-6-27-23)24(33)30-22-12-20-11-17(3-4-19(20)14-28-22)21-15-29-25(26)34-21/h3-6,11-16H,7-10H2,1-2H3,(H2,26,29)(H,28,30,33). The minimum Gasteiger partial charge on any atom is -0.375 e. The number of nitrogens with two attached hydrogens (primary N) is 1. The number of carbonyl (C=O) groups is 1. The molecule has 1 aliphatic heterocycles. The van der Waals surface area contributed by atoms with Gasteiger partial charge in [-0.25, -0.2) is 15.0 Å². The van der Waals surface area contributed by atoms with Crippen molar-refractivity contribution in [2.75, 3.05) is 42.1 Å². The molecule has 3 aromatic heterocycles. The van der Waals surface area contributed by atoms with Gasteiger partial charge >= 0.3 is 0 Å². The van der Waals surface area contributed by atoms with Crippen molar-refractivity contribution in [2.45, 2.75) is 19.9 Å². The number of aromatic nitrogens is 3. The van der Waals surface area contributed by atoms with Crippen LogP contribution >= 0.6 is 11.3 Å². The molecule has 0 atom stereocenters. The van der Waals surface area contributed by atoms with Gasteiger partial charge in [-0.1, -0.05) is 23.5 Å². The quantitative estimate of drug-likeness (QED) is 0.450. The zero-order chi connectivity index (χ0) is 23.7. The summed E-state index contributed by atoms with van der Waals surface area (Å²) >= 11 is 1.44. The number of nitrogen functional groups attached to an aromatic ring is 1. The molecule has 0 radical (unpaired) electrons. The number of nitrogens with zero attached hydrogens (tertiary/aromatic N) is 5. The third-order valence-electron chi connectivity index (χ3n) is 6.15. The lowest BCUT2D eigenvalue weighted by atomic mass is 10.1. The average molecular weight is 474 g/mol. The zero-order valence-electron chi connectivity index (χ0n) is 19.2. The van der Waals surface area contributed by atoms with Crippen LogP contribution in [0.4, 0.5) is 16.8 Å². The predicted octanol–water partition coefficient (Wildman–Crippen LogP) is 4.12. The van der Waals surface area contributed by atoms with Crippen LogP contribution in [-0.4, -0.2) is 58.0 Å². The minimum absolute atomic E-state index is 0.206. The normalized spacial score (nSPS) is 14.6. The number of rotatable bonds is 5. The van der Waals surface area contributed by atoms with Gasteiger partial charge in [0, 0.05) is 61.8 Å². The molecule has 34 heavy (non-hydrogen) atoms. The molecular weight excluding hydrogens is 446 g/mol. The number of carbonyl (C=O) groups excluding carboxylic acids is 1. The summed E-state index contributed by atoms with van der Waals surface area (Å²) in [5.74, 6) is 1.13. The highest BCUT2D eigenvalue weighted by molar-refractivity contribution is 7.18. The largest absolute Gasteiger partial charge is 0.375 e. The topological polar surface area (TPSA) is 100 Å². The predicted molar refractivity (Wildman–Crippen MR) is 138 cm³/mol. The molecule has 0 bridgehead atoms. The van der Waals surface area contributed by atoms with E-state index in [2.05, 4.69) is 50.0 Å². The fourth-order valence-corrected chi connectivity index (χ4v) is 4.85. The maximum absolute atomic E-state index is 13.0. The van der Waals surface area contributed by atoms with Crippen molar-refractivity contribution >= 4 is 44.8 Å². The third kappa shape index (κ3) is 4.71.